The third-order valence-electron chi connectivity index (χ3n) is 9.95. The molecule has 8 aromatic carbocycles. The van der Waals surface area contributed by atoms with Crippen LogP contribution in [0.4, 0.5) is 0 Å². The lowest BCUT2D eigenvalue weighted by molar-refractivity contribution is 0.670. The molecule has 0 spiro atoms. The van der Waals surface area contributed by atoms with Gasteiger partial charge in [0, 0.05) is 33.0 Å². The molecular formula is C47H31N3O. The molecule has 4 heteroatoms. The highest BCUT2D eigenvalue weighted by molar-refractivity contribution is 6.24. The smallest absolute Gasteiger partial charge is 0.170 e. The van der Waals surface area contributed by atoms with E-state index in [-0.39, 0.29) is 0 Å². The normalized spacial score (nSPS) is 14.5. The van der Waals surface area contributed by atoms with E-state index in [0.717, 1.165) is 66.8 Å². The molecule has 0 saturated carbocycles. The van der Waals surface area contributed by atoms with Crippen molar-refractivity contribution in [2.24, 2.45) is 9.98 Å². The van der Waals surface area contributed by atoms with Crippen molar-refractivity contribution in [2.75, 3.05) is 0 Å². The summed E-state index contributed by atoms with van der Waals surface area (Å²) >= 11 is 0. The van der Waals surface area contributed by atoms with Gasteiger partial charge in [-0.05, 0) is 50.4 Å². The van der Waals surface area contributed by atoms with E-state index in [1.54, 1.807) is 0 Å². The van der Waals surface area contributed by atoms with Gasteiger partial charge < -0.3 is 9.73 Å². The fourth-order valence-corrected chi connectivity index (χ4v) is 7.52. The molecule has 0 saturated heterocycles. The number of hydrogen-bond donors (Lipinski definition) is 1. The maximum Gasteiger partial charge on any atom is 0.170 e. The second kappa shape index (κ2) is 12.0. The van der Waals surface area contributed by atoms with Crippen LogP contribution in [-0.2, 0) is 0 Å². The lowest BCUT2D eigenvalue weighted by atomic mass is 9.94. The summed E-state index contributed by atoms with van der Waals surface area (Å²) in [5, 5.41) is 10.5. The molecule has 1 aliphatic heterocycles. The van der Waals surface area contributed by atoms with Gasteiger partial charge in [0.15, 0.2) is 6.17 Å². The topological polar surface area (TPSA) is 49.9 Å². The van der Waals surface area contributed by atoms with Crippen molar-refractivity contribution in [3.8, 4) is 22.3 Å². The largest absolute Gasteiger partial charge is 0.455 e. The van der Waals surface area contributed by atoms with Gasteiger partial charge in [-0.1, -0.05) is 164 Å². The Bertz CT molecular complexity index is 2830. The third-order valence-corrected chi connectivity index (χ3v) is 9.95. The summed E-state index contributed by atoms with van der Waals surface area (Å²) in [6.07, 6.45) is -0.465. The molecule has 1 atom stereocenters. The zero-order chi connectivity index (χ0) is 33.7. The van der Waals surface area contributed by atoms with E-state index in [1.165, 1.54) is 27.3 Å². The Morgan fingerprint density at radius 1 is 0.431 bits per heavy atom. The first kappa shape index (κ1) is 29.2. The fraction of sp³-hybridized carbons (Fsp3) is 0.0213. The SMILES string of the molecule is c1ccc(C2=NC(c3ccc(-c4ccccc4)c4ccccc34)N=C(c3cccc4oc5c(-c6ccc7ccccc7c6)cccc5c34)N2)cc1. The number of benzene rings is 8. The molecule has 4 nitrogen and oxygen atoms in total. The van der Waals surface area contributed by atoms with Crippen LogP contribution in [0.1, 0.15) is 22.9 Å². The highest BCUT2D eigenvalue weighted by Crippen LogP contribution is 2.40. The Morgan fingerprint density at radius 3 is 1.94 bits per heavy atom. The molecule has 9 aromatic rings. The summed E-state index contributed by atoms with van der Waals surface area (Å²) in [6.45, 7) is 0. The lowest BCUT2D eigenvalue weighted by Gasteiger charge is -2.24. The summed E-state index contributed by atoms with van der Waals surface area (Å²) in [7, 11) is 0. The number of para-hydroxylation sites is 1. The molecule has 2 heterocycles. The summed E-state index contributed by atoms with van der Waals surface area (Å²) in [5.74, 6) is 1.54. The van der Waals surface area contributed by atoms with E-state index in [9.17, 15) is 0 Å². The molecule has 10 rings (SSSR count). The second-order valence-electron chi connectivity index (χ2n) is 13.0. The molecule has 51 heavy (non-hydrogen) atoms. The van der Waals surface area contributed by atoms with E-state index < -0.39 is 6.17 Å². The Labute approximate surface area is 295 Å². The first-order valence-electron chi connectivity index (χ1n) is 17.3. The minimum absolute atomic E-state index is 0.465. The minimum atomic E-state index is -0.465. The highest BCUT2D eigenvalue weighted by Gasteiger charge is 2.25. The van der Waals surface area contributed by atoms with Gasteiger partial charge >= 0.3 is 0 Å². The number of fused-ring (bicyclic) bond motifs is 5. The van der Waals surface area contributed by atoms with Gasteiger partial charge in [-0.3, -0.25) is 0 Å². The molecule has 1 N–H and O–H groups in total. The fourth-order valence-electron chi connectivity index (χ4n) is 7.52. The van der Waals surface area contributed by atoms with Crippen molar-refractivity contribution >= 4 is 55.2 Å². The van der Waals surface area contributed by atoms with Crippen molar-refractivity contribution in [3.63, 3.8) is 0 Å². The van der Waals surface area contributed by atoms with Crippen molar-refractivity contribution in [3.05, 3.63) is 193 Å². The maximum atomic E-state index is 6.70. The van der Waals surface area contributed by atoms with Crippen LogP contribution in [-0.4, -0.2) is 11.7 Å². The van der Waals surface area contributed by atoms with Gasteiger partial charge in [0.2, 0.25) is 0 Å². The predicted molar refractivity (Wildman–Crippen MR) is 211 cm³/mol. The van der Waals surface area contributed by atoms with Crippen molar-refractivity contribution in [2.45, 2.75) is 6.17 Å². The van der Waals surface area contributed by atoms with Crippen LogP contribution in [0.25, 0.3) is 65.7 Å². The van der Waals surface area contributed by atoms with Crippen LogP contribution in [0.5, 0.6) is 0 Å². The first-order chi connectivity index (χ1) is 25.3. The summed E-state index contributed by atoms with van der Waals surface area (Å²) < 4.78 is 6.70. The molecule has 1 aliphatic rings. The molecule has 0 aliphatic carbocycles. The van der Waals surface area contributed by atoms with E-state index in [0.29, 0.717) is 0 Å². The quantitative estimate of drug-likeness (QED) is 0.201. The number of nitrogens with one attached hydrogen (secondary N) is 1. The van der Waals surface area contributed by atoms with Crippen molar-refractivity contribution in [1.82, 2.24) is 5.32 Å². The zero-order valence-corrected chi connectivity index (χ0v) is 27.6. The lowest BCUT2D eigenvalue weighted by Crippen LogP contribution is -2.36. The number of hydrogen-bond acceptors (Lipinski definition) is 4. The van der Waals surface area contributed by atoms with Crippen molar-refractivity contribution < 1.29 is 4.42 Å². The second-order valence-corrected chi connectivity index (χ2v) is 13.0. The monoisotopic (exact) mass is 653 g/mol. The minimum Gasteiger partial charge on any atom is -0.455 e. The standard InChI is InChI=1S/C47H31N3O/c1-3-14-31(15-4-1)35-27-28-39(38-20-10-9-19-37(35)38)46-48-45(32-16-5-2-6-17-32)49-47(50-46)41-23-12-24-42-43(41)40-22-11-21-36(44(40)51-42)34-26-25-30-13-7-8-18-33(30)29-34/h1-29,46H,(H,48,49,50). The van der Waals surface area contributed by atoms with Crippen LogP contribution >= 0.6 is 0 Å². The first-order valence-corrected chi connectivity index (χ1v) is 17.3. The van der Waals surface area contributed by atoms with Gasteiger partial charge in [-0.2, -0.15) is 0 Å². The van der Waals surface area contributed by atoms with Crippen LogP contribution < -0.4 is 5.32 Å². The van der Waals surface area contributed by atoms with Gasteiger partial charge in [0.1, 0.15) is 22.8 Å². The Balaban J connectivity index is 1.16. The summed E-state index contributed by atoms with van der Waals surface area (Å²) in [6, 6.07) is 61.5. The number of rotatable bonds is 5. The number of nitrogens with zero attached hydrogens (tertiary/aromatic N) is 2. The average Bonchev–Trinajstić information content (AvgIpc) is 3.60. The highest BCUT2D eigenvalue weighted by atomic mass is 16.3. The van der Waals surface area contributed by atoms with Crippen LogP contribution in [0.15, 0.2) is 190 Å². The molecule has 0 bridgehead atoms. The van der Waals surface area contributed by atoms with Crippen LogP contribution in [0, 0.1) is 0 Å². The summed E-state index contributed by atoms with van der Waals surface area (Å²) in [5.41, 5.74) is 9.28. The molecule has 240 valence electrons. The molecule has 0 radical (unpaired) electrons. The zero-order valence-electron chi connectivity index (χ0n) is 27.6. The number of amidine groups is 2. The van der Waals surface area contributed by atoms with E-state index >= 15 is 0 Å². The van der Waals surface area contributed by atoms with Crippen LogP contribution in [0.2, 0.25) is 0 Å². The van der Waals surface area contributed by atoms with Gasteiger partial charge in [-0.25, -0.2) is 9.98 Å². The maximum absolute atomic E-state index is 6.70. The molecular weight excluding hydrogens is 623 g/mol. The van der Waals surface area contributed by atoms with E-state index in [2.05, 4.69) is 151 Å². The number of furan rings is 1. The summed E-state index contributed by atoms with van der Waals surface area (Å²) in [4.78, 5) is 10.6. The van der Waals surface area contributed by atoms with Crippen molar-refractivity contribution in [1.29, 1.82) is 0 Å². The third kappa shape index (κ3) is 5.00. The van der Waals surface area contributed by atoms with E-state index in [4.69, 9.17) is 14.4 Å². The molecule has 0 fully saturated rings. The molecule has 0 amide bonds. The number of aliphatic imine (C=N–C) groups is 2. The Morgan fingerprint density at radius 2 is 1.10 bits per heavy atom. The van der Waals surface area contributed by atoms with E-state index in [1.807, 2.05) is 30.3 Å². The molecule has 1 unspecified atom stereocenters. The Hall–Kier alpha value is -6.78. The van der Waals surface area contributed by atoms with Gasteiger partial charge in [0.05, 0.1) is 0 Å². The predicted octanol–water partition coefficient (Wildman–Crippen LogP) is 11.7. The average molecular weight is 654 g/mol. The van der Waals surface area contributed by atoms with Gasteiger partial charge in [-0.15, -0.1) is 0 Å². The molecule has 1 aromatic heterocycles. The van der Waals surface area contributed by atoms with Crippen LogP contribution in [0.3, 0.4) is 0 Å². The Kier molecular flexibility index (Phi) is 6.85. The van der Waals surface area contributed by atoms with Gasteiger partial charge in [0.25, 0.3) is 0 Å².